The van der Waals surface area contributed by atoms with E-state index in [1.54, 1.807) is 18.9 Å². The second-order valence-corrected chi connectivity index (χ2v) is 10.3. The van der Waals surface area contributed by atoms with E-state index in [1.807, 2.05) is 55.5 Å². The lowest BCUT2D eigenvalue weighted by atomic mass is 9.71. The molecule has 0 radical (unpaired) electrons. The highest BCUT2D eigenvalue weighted by molar-refractivity contribution is 7.99. The number of benzene rings is 2. The van der Waals surface area contributed by atoms with E-state index >= 15 is 0 Å². The summed E-state index contributed by atoms with van der Waals surface area (Å²) in [5.74, 6) is 1.46. The minimum atomic E-state index is -0.654. The third-order valence-electron chi connectivity index (χ3n) is 6.55. The van der Waals surface area contributed by atoms with Crippen LogP contribution in [-0.4, -0.2) is 42.7 Å². The zero-order valence-electron chi connectivity index (χ0n) is 21.1. The van der Waals surface area contributed by atoms with E-state index in [0.29, 0.717) is 42.4 Å². The van der Waals surface area contributed by atoms with E-state index in [4.69, 9.17) is 19.2 Å². The second-order valence-electron chi connectivity index (χ2n) is 8.89. The number of rotatable bonds is 10. The van der Waals surface area contributed by atoms with E-state index in [1.165, 1.54) is 0 Å². The molecule has 4 rings (SSSR count). The summed E-state index contributed by atoms with van der Waals surface area (Å²) in [6.45, 7) is 4.68. The molecule has 36 heavy (non-hydrogen) atoms. The van der Waals surface area contributed by atoms with Gasteiger partial charge in [-0.3, -0.25) is 14.6 Å². The molecule has 1 aliphatic carbocycles. The zero-order valence-corrected chi connectivity index (χ0v) is 21.9. The number of carbonyl (C=O) groups excluding carboxylic acids is 2. The Labute approximate surface area is 217 Å². The van der Waals surface area contributed by atoms with Crippen LogP contribution in [0.15, 0.2) is 64.8 Å². The van der Waals surface area contributed by atoms with Crippen molar-refractivity contribution in [2.75, 3.05) is 25.2 Å². The van der Waals surface area contributed by atoms with Gasteiger partial charge in [-0.05, 0) is 48.8 Å². The quantitative estimate of drug-likeness (QED) is 0.301. The molecule has 1 unspecified atom stereocenters. The number of nitrogens with zero attached hydrogens (tertiary/aromatic N) is 1. The van der Waals surface area contributed by atoms with Crippen LogP contribution in [0.2, 0.25) is 0 Å². The summed E-state index contributed by atoms with van der Waals surface area (Å²) in [6, 6.07) is 15.6. The Hall–Kier alpha value is -3.06. The maximum absolute atomic E-state index is 13.3. The van der Waals surface area contributed by atoms with Crippen LogP contribution in [0.4, 0.5) is 0 Å². The molecule has 0 spiro atoms. The van der Waals surface area contributed by atoms with Crippen LogP contribution >= 0.6 is 11.8 Å². The molecular weight excluding hydrogens is 474 g/mol. The van der Waals surface area contributed by atoms with Gasteiger partial charge >= 0.3 is 5.97 Å². The van der Waals surface area contributed by atoms with E-state index in [2.05, 4.69) is 6.92 Å². The molecule has 2 atom stereocenters. The molecule has 7 heteroatoms. The summed E-state index contributed by atoms with van der Waals surface area (Å²) < 4.78 is 17.4. The van der Waals surface area contributed by atoms with Crippen LogP contribution in [0, 0.1) is 5.92 Å². The number of thioether (sulfide) groups is 1. The van der Waals surface area contributed by atoms with Gasteiger partial charge in [0.15, 0.2) is 17.3 Å². The number of esters is 1. The Morgan fingerprint density at radius 1 is 1.11 bits per heavy atom. The normalized spacial score (nSPS) is 19.4. The first-order valence-electron chi connectivity index (χ1n) is 12.4. The van der Waals surface area contributed by atoms with Crippen LogP contribution in [0.5, 0.6) is 11.5 Å². The molecule has 0 saturated carbocycles. The number of ether oxygens (including phenoxy) is 3. The van der Waals surface area contributed by atoms with Crippen molar-refractivity contribution < 1.29 is 23.8 Å². The lowest BCUT2D eigenvalue weighted by Crippen LogP contribution is -2.37. The Morgan fingerprint density at radius 3 is 2.67 bits per heavy atom. The van der Waals surface area contributed by atoms with E-state index in [-0.39, 0.29) is 11.8 Å². The van der Waals surface area contributed by atoms with Gasteiger partial charge in [0, 0.05) is 35.1 Å². The van der Waals surface area contributed by atoms with Gasteiger partial charge in [0.2, 0.25) is 0 Å². The molecule has 6 nitrogen and oxygen atoms in total. The molecule has 0 amide bonds. The SMILES string of the molecule is CCSCCOC(=O)C1C(C)=NC2=C(C(=O)CCC2)[C@@H]1c1ccc(OCc2ccccc2)c(OC)c1. The van der Waals surface area contributed by atoms with Crippen LogP contribution in [0.1, 0.15) is 50.2 Å². The number of hydrogen-bond acceptors (Lipinski definition) is 7. The predicted molar refractivity (Wildman–Crippen MR) is 143 cm³/mol. The topological polar surface area (TPSA) is 74.2 Å². The molecular formula is C29H33NO5S. The molecule has 1 aliphatic heterocycles. The average molecular weight is 508 g/mol. The lowest BCUT2D eigenvalue weighted by Gasteiger charge is -2.34. The lowest BCUT2D eigenvalue weighted by molar-refractivity contribution is -0.145. The van der Waals surface area contributed by atoms with E-state index < -0.39 is 11.8 Å². The van der Waals surface area contributed by atoms with Crippen molar-refractivity contribution in [3.05, 3.63) is 70.9 Å². The van der Waals surface area contributed by atoms with Gasteiger partial charge in [-0.2, -0.15) is 11.8 Å². The van der Waals surface area contributed by atoms with Gasteiger partial charge < -0.3 is 14.2 Å². The minimum absolute atomic E-state index is 0.0557. The Bertz CT molecular complexity index is 1160. The van der Waals surface area contributed by atoms with Gasteiger partial charge in [-0.15, -0.1) is 0 Å². The number of hydrogen-bond donors (Lipinski definition) is 0. The monoisotopic (exact) mass is 507 g/mol. The number of carbonyl (C=O) groups is 2. The van der Waals surface area contributed by atoms with Crippen molar-refractivity contribution in [3.63, 3.8) is 0 Å². The highest BCUT2D eigenvalue weighted by Crippen LogP contribution is 2.45. The molecule has 0 saturated heterocycles. The van der Waals surface area contributed by atoms with E-state index in [9.17, 15) is 9.59 Å². The maximum Gasteiger partial charge on any atom is 0.315 e. The smallest absolute Gasteiger partial charge is 0.315 e. The van der Waals surface area contributed by atoms with Crippen LogP contribution in [-0.2, 0) is 20.9 Å². The zero-order chi connectivity index (χ0) is 25.5. The summed E-state index contributed by atoms with van der Waals surface area (Å²) in [4.78, 5) is 31.2. The summed E-state index contributed by atoms with van der Waals surface area (Å²) in [6.07, 6.45) is 1.98. The van der Waals surface area contributed by atoms with E-state index in [0.717, 1.165) is 41.2 Å². The van der Waals surface area contributed by atoms with Crippen molar-refractivity contribution in [1.82, 2.24) is 0 Å². The third kappa shape index (κ3) is 5.84. The summed E-state index contributed by atoms with van der Waals surface area (Å²) >= 11 is 1.72. The summed E-state index contributed by atoms with van der Waals surface area (Å²) in [5, 5.41) is 0. The van der Waals surface area contributed by atoms with Gasteiger partial charge in [0.1, 0.15) is 19.1 Å². The maximum atomic E-state index is 13.3. The largest absolute Gasteiger partial charge is 0.493 e. The van der Waals surface area contributed by atoms with Gasteiger partial charge in [-0.25, -0.2) is 0 Å². The summed E-state index contributed by atoms with van der Waals surface area (Å²) in [5.41, 5.74) is 3.99. The fraction of sp³-hybridized carbons (Fsp3) is 0.414. The Balaban J connectivity index is 1.66. The standard InChI is InChI=1S/C29H33NO5S/c1-4-36-16-15-34-29(32)26-19(2)30-22-11-8-12-23(31)28(22)27(26)21-13-14-24(25(17-21)33-3)35-18-20-9-6-5-7-10-20/h5-7,9-10,13-14,17,26-27H,4,8,11-12,15-16,18H2,1-3H3/t26?,27-/m1/s1. The Kier molecular flexibility index (Phi) is 8.86. The van der Waals surface area contributed by atoms with Gasteiger partial charge in [0.05, 0.1) is 7.11 Å². The highest BCUT2D eigenvalue weighted by Gasteiger charge is 2.43. The highest BCUT2D eigenvalue weighted by atomic mass is 32.2. The van der Waals surface area contributed by atoms with Crippen molar-refractivity contribution in [2.24, 2.45) is 10.9 Å². The van der Waals surface area contributed by atoms with Gasteiger partial charge in [-0.1, -0.05) is 43.3 Å². The minimum Gasteiger partial charge on any atom is -0.493 e. The molecule has 2 aliphatic rings. The fourth-order valence-electron chi connectivity index (χ4n) is 4.84. The third-order valence-corrected chi connectivity index (χ3v) is 7.41. The molecule has 0 aromatic heterocycles. The fourth-order valence-corrected chi connectivity index (χ4v) is 5.33. The molecule has 0 fully saturated rings. The van der Waals surface area contributed by atoms with Crippen molar-refractivity contribution in [1.29, 1.82) is 0 Å². The number of Topliss-reactive ketones (excluding diaryl/α,β-unsaturated/α-hetero) is 1. The first-order chi connectivity index (χ1) is 17.5. The van der Waals surface area contributed by atoms with Crippen LogP contribution in [0.25, 0.3) is 0 Å². The molecule has 0 N–H and O–H groups in total. The van der Waals surface area contributed by atoms with Crippen molar-refractivity contribution in [2.45, 2.75) is 45.6 Å². The molecule has 190 valence electrons. The number of allylic oxidation sites excluding steroid dienone is 2. The number of aliphatic imine (C=N–C) groups is 1. The first kappa shape index (κ1) is 26.0. The Morgan fingerprint density at radius 2 is 1.92 bits per heavy atom. The van der Waals surface area contributed by atoms with Crippen molar-refractivity contribution in [3.8, 4) is 11.5 Å². The summed E-state index contributed by atoms with van der Waals surface area (Å²) in [7, 11) is 1.59. The molecule has 1 heterocycles. The second kappa shape index (κ2) is 12.3. The van der Waals surface area contributed by atoms with Gasteiger partial charge in [0.25, 0.3) is 0 Å². The molecule has 2 aromatic carbocycles. The average Bonchev–Trinajstić information content (AvgIpc) is 2.89. The van der Waals surface area contributed by atoms with Crippen LogP contribution in [0.3, 0.4) is 0 Å². The first-order valence-corrected chi connectivity index (χ1v) is 13.6. The molecule has 0 bridgehead atoms. The van der Waals surface area contributed by atoms with Crippen LogP contribution < -0.4 is 9.47 Å². The number of ketones is 1. The molecule has 2 aromatic rings. The van der Waals surface area contributed by atoms with Crippen molar-refractivity contribution >= 4 is 29.2 Å². The predicted octanol–water partition coefficient (Wildman–Crippen LogP) is 5.75. The number of methoxy groups -OCH3 is 1.